The van der Waals surface area contributed by atoms with Gasteiger partial charge in [-0.25, -0.2) is 9.37 Å². The molecule has 0 aliphatic heterocycles. The van der Waals surface area contributed by atoms with Crippen molar-refractivity contribution in [1.82, 2.24) is 9.97 Å². The maximum Gasteiger partial charge on any atom is 0.192 e. The summed E-state index contributed by atoms with van der Waals surface area (Å²) < 4.78 is 20.2. The summed E-state index contributed by atoms with van der Waals surface area (Å²) in [5.74, 6) is -0.359. The molecule has 6 heteroatoms. The van der Waals surface area contributed by atoms with E-state index < -0.39 is 8.32 Å². The van der Waals surface area contributed by atoms with E-state index in [9.17, 15) is 4.39 Å². The van der Waals surface area contributed by atoms with Gasteiger partial charge in [0.25, 0.3) is 0 Å². The topological polar surface area (TPSA) is 35.0 Å². The van der Waals surface area contributed by atoms with Crippen molar-refractivity contribution in [3.63, 3.8) is 0 Å². The number of rotatable bonds is 4. The standard InChI is InChI=1S/C18H24ClFN2OSi/c1-12-7-8-15(20)14(9-12)16-17(19)22-13(10-21-16)11-23-24(5,6)18(2,3)4/h7-10H,11H2,1-6H3. The van der Waals surface area contributed by atoms with Gasteiger partial charge in [-0.15, -0.1) is 0 Å². The van der Waals surface area contributed by atoms with Crippen LogP contribution in [-0.2, 0) is 11.0 Å². The van der Waals surface area contributed by atoms with E-state index in [2.05, 4.69) is 43.8 Å². The molecule has 1 aromatic heterocycles. The SMILES string of the molecule is Cc1ccc(F)c(-c2ncc(CO[Si](C)(C)C(C)(C)C)nc2Cl)c1. The van der Waals surface area contributed by atoms with E-state index in [1.165, 1.54) is 6.07 Å². The summed E-state index contributed by atoms with van der Waals surface area (Å²) in [6.45, 7) is 13.2. The molecule has 0 saturated heterocycles. The molecule has 0 aliphatic rings. The minimum absolute atomic E-state index is 0.120. The second-order valence-corrected chi connectivity index (χ2v) is 12.7. The average Bonchev–Trinajstić information content (AvgIpc) is 2.47. The molecule has 2 rings (SSSR count). The lowest BCUT2D eigenvalue weighted by Crippen LogP contribution is -2.40. The molecule has 0 N–H and O–H groups in total. The van der Waals surface area contributed by atoms with E-state index in [1.807, 2.05) is 6.92 Å². The van der Waals surface area contributed by atoms with Gasteiger partial charge in [0.15, 0.2) is 13.5 Å². The summed E-state index contributed by atoms with van der Waals surface area (Å²) in [6, 6.07) is 4.84. The maximum atomic E-state index is 14.0. The Kier molecular flexibility index (Phi) is 5.47. The van der Waals surface area contributed by atoms with E-state index in [0.717, 1.165) is 5.56 Å². The largest absolute Gasteiger partial charge is 0.411 e. The zero-order valence-corrected chi connectivity index (χ0v) is 16.8. The first kappa shape index (κ1) is 19.0. The molecule has 0 radical (unpaired) electrons. The van der Waals surface area contributed by atoms with Gasteiger partial charge in [-0.05, 0) is 37.2 Å². The number of aromatic nitrogens is 2. The molecule has 1 aromatic carbocycles. The second kappa shape index (κ2) is 6.90. The normalized spacial score (nSPS) is 12.5. The van der Waals surface area contributed by atoms with Gasteiger partial charge >= 0.3 is 0 Å². The van der Waals surface area contributed by atoms with Gasteiger partial charge in [0.2, 0.25) is 0 Å². The highest BCUT2D eigenvalue weighted by Crippen LogP contribution is 2.37. The van der Waals surface area contributed by atoms with Crippen LogP contribution >= 0.6 is 11.6 Å². The molecular formula is C18H24ClFN2OSi. The minimum Gasteiger partial charge on any atom is -0.411 e. The van der Waals surface area contributed by atoms with Crippen molar-refractivity contribution < 1.29 is 8.82 Å². The average molecular weight is 367 g/mol. The number of hydrogen-bond donors (Lipinski definition) is 0. The van der Waals surface area contributed by atoms with Crippen LogP contribution in [0.15, 0.2) is 24.4 Å². The molecule has 0 aliphatic carbocycles. The van der Waals surface area contributed by atoms with E-state index in [0.29, 0.717) is 23.6 Å². The van der Waals surface area contributed by atoms with Crippen molar-refractivity contribution in [3.05, 3.63) is 46.6 Å². The summed E-state index contributed by atoms with van der Waals surface area (Å²) >= 11 is 6.24. The Morgan fingerprint density at radius 3 is 2.50 bits per heavy atom. The highest BCUT2D eigenvalue weighted by molar-refractivity contribution is 6.74. The number of halogens is 2. The van der Waals surface area contributed by atoms with E-state index >= 15 is 0 Å². The van der Waals surface area contributed by atoms with E-state index in [1.54, 1.807) is 18.3 Å². The molecular weight excluding hydrogens is 343 g/mol. The molecule has 2 aromatic rings. The molecule has 0 spiro atoms. The van der Waals surface area contributed by atoms with Crippen LogP contribution in [0.25, 0.3) is 11.3 Å². The van der Waals surface area contributed by atoms with Crippen LogP contribution in [0.1, 0.15) is 32.0 Å². The van der Waals surface area contributed by atoms with E-state index in [4.69, 9.17) is 16.0 Å². The zero-order valence-electron chi connectivity index (χ0n) is 15.1. The Bertz CT molecular complexity index is 744. The fourth-order valence-electron chi connectivity index (χ4n) is 1.94. The Balaban J connectivity index is 2.23. The molecule has 24 heavy (non-hydrogen) atoms. The zero-order chi connectivity index (χ0) is 18.1. The van der Waals surface area contributed by atoms with Crippen molar-refractivity contribution in [2.24, 2.45) is 0 Å². The summed E-state index contributed by atoms with van der Waals surface area (Å²) in [6.07, 6.45) is 1.61. The van der Waals surface area contributed by atoms with Crippen LogP contribution in [0.3, 0.4) is 0 Å². The minimum atomic E-state index is -1.87. The van der Waals surface area contributed by atoms with Crippen molar-refractivity contribution in [3.8, 4) is 11.3 Å². The first-order valence-electron chi connectivity index (χ1n) is 7.93. The summed E-state index contributed by atoms with van der Waals surface area (Å²) in [7, 11) is -1.87. The number of hydrogen-bond acceptors (Lipinski definition) is 3. The summed E-state index contributed by atoms with van der Waals surface area (Å²) in [5, 5.41) is 0.310. The van der Waals surface area contributed by atoms with Gasteiger partial charge in [0.05, 0.1) is 18.5 Å². The molecule has 0 saturated carbocycles. The number of aryl methyl sites for hydroxylation is 1. The summed E-state index contributed by atoms with van der Waals surface area (Å²) in [4.78, 5) is 8.65. The number of nitrogens with zero attached hydrogens (tertiary/aromatic N) is 2. The number of benzene rings is 1. The van der Waals surface area contributed by atoms with Crippen LogP contribution in [-0.4, -0.2) is 18.3 Å². The molecule has 130 valence electrons. The first-order valence-corrected chi connectivity index (χ1v) is 11.2. The van der Waals surface area contributed by atoms with Crippen LogP contribution < -0.4 is 0 Å². The predicted octanol–water partition coefficient (Wildman–Crippen LogP) is 5.77. The molecule has 0 bridgehead atoms. The third-order valence-corrected chi connectivity index (χ3v) is 9.29. The lowest BCUT2D eigenvalue weighted by molar-refractivity contribution is 0.271. The monoisotopic (exact) mass is 366 g/mol. The fourth-order valence-corrected chi connectivity index (χ4v) is 3.14. The molecule has 1 heterocycles. The Morgan fingerprint density at radius 1 is 1.25 bits per heavy atom. The first-order chi connectivity index (χ1) is 11.0. The van der Waals surface area contributed by atoms with Gasteiger partial charge in [0, 0.05) is 5.56 Å². The smallest absolute Gasteiger partial charge is 0.192 e. The van der Waals surface area contributed by atoms with Gasteiger partial charge in [-0.3, -0.25) is 4.98 Å². The Morgan fingerprint density at radius 2 is 1.92 bits per heavy atom. The lowest BCUT2D eigenvalue weighted by Gasteiger charge is -2.36. The van der Waals surface area contributed by atoms with Gasteiger partial charge < -0.3 is 4.43 Å². The highest BCUT2D eigenvalue weighted by Gasteiger charge is 2.37. The molecule has 0 fully saturated rings. The van der Waals surface area contributed by atoms with Gasteiger partial charge in [-0.1, -0.05) is 44.0 Å². The van der Waals surface area contributed by atoms with Crippen molar-refractivity contribution >= 4 is 19.9 Å². The second-order valence-electron chi connectivity index (χ2n) is 7.53. The highest BCUT2D eigenvalue weighted by atomic mass is 35.5. The van der Waals surface area contributed by atoms with Gasteiger partial charge in [-0.2, -0.15) is 0 Å². The molecule has 0 unspecified atom stereocenters. The fraction of sp³-hybridized carbons (Fsp3) is 0.444. The quantitative estimate of drug-likeness (QED) is 0.644. The summed E-state index contributed by atoms with van der Waals surface area (Å²) in [5.41, 5.74) is 2.31. The van der Waals surface area contributed by atoms with Crippen molar-refractivity contribution in [2.75, 3.05) is 0 Å². The third kappa shape index (κ3) is 4.21. The molecule has 3 nitrogen and oxygen atoms in total. The Hall–Kier alpha value is -1.30. The lowest BCUT2D eigenvalue weighted by atomic mass is 10.1. The Labute approximate surface area is 149 Å². The maximum absolute atomic E-state index is 14.0. The van der Waals surface area contributed by atoms with E-state index in [-0.39, 0.29) is 16.0 Å². The third-order valence-electron chi connectivity index (χ3n) is 4.54. The van der Waals surface area contributed by atoms with Crippen LogP contribution in [0.2, 0.25) is 23.3 Å². The van der Waals surface area contributed by atoms with Gasteiger partial charge in [0.1, 0.15) is 11.5 Å². The van der Waals surface area contributed by atoms with Crippen LogP contribution in [0, 0.1) is 12.7 Å². The predicted molar refractivity (Wildman–Crippen MR) is 99.2 cm³/mol. The van der Waals surface area contributed by atoms with Crippen molar-refractivity contribution in [2.45, 2.75) is 52.4 Å². The van der Waals surface area contributed by atoms with Crippen LogP contribution in [0.4, 0.5) is 4.39 Å². The van der Waals surface area contributed by atoms with Crippen molar-refractivity contribution in [1.29, 1.82) is 0 Å². The molecule has 0 amide bonds. The molecule has 0 atom stereocenters. The van der Waals surface area contributed by atoms with Crippen LogP contribution in [0.5, 0.6) is 0 Å².